The van der Waals surface area contributed by atoms with Gasteiger partial charge in [-0.1, -0.05) is 12.1 Å². The van der Waals surface area contributed by atoms with Crippen molar-refractivity contribution in [2.24, 2.45) is 11.3 Å². The molecule has 2 aliphatic rings. The summed E-state index contributed by atoms with van der Waals surface area (Å²) >= 11 is 0. The zero-order valence-electron chi connectivity index (χ0n) is 24.2. The smallest absolute Gasteiger partial charge is 0.403 e. The molecule has 2 saturated carbocycles. The third kappa shape index (κ3) is 7.10. The maximum Gasteiger partial charge on any atom is 0.403 e. The molecular formula is C29H32F6N6O4. The number of halogens is 6. The number of amides is 2. The first-order valence-corrected chi connectivity index (χ1v) is 14.4. The highest BCUT2D eigenvalue weighted by molar-refractivity contribution is 5.99. The molecule has 2 amide bonds. The average Bonchev–Trinajstić information content (AvgIpc) is 3.72. The van der Waals surface area contributed by atoms with Crippen molar-refractivity contribution in [2.45, 2.75) is 70.4 Å². The molecule has 0 saturated heterocycles. The van der Waals surface area contributed by atoms with Gasteiger partial charge in [0.15, 0.2) is 5.65 Å². The number of alkyl halides is 6. The van der Waals surface area contributed by atoms with E-state index in [9.17, 15) is 41.0 Å². The second-order valence-electron chi connectivity index (χ2n) is 11.5. The van der Waals surface area contributed by atoms with Crippen molar-refractivity contribution in [3.63, 3.8) is 0 Å². The van der Waals surface area contributed by atoms with Crippen LogP contribution in [0.25, 0.3) is 11.2 Å². The summed E-state index contributed by atoms with van der Waals surface area (Å²) in [6.45, 7) is 1.15. The molecule has 0 spiro atoms. The number of aromatic nitrogens is 3. The number of hydrogen-bond acceptors (Lipinski definition) is 7. The van der Waals surface area contributed by atoms with Crippen molar-refractivity contribution in [2.75, 3.05) is 18.5 Å². The van der Waals surface area contributed by atoms with Crippen LogP contribution in [0.1, 0.15) is 60.0 Å². The Morgan fingerprint density at radius 3 is 2.40 bits per heavy atom. The SMILES string of the molecule is Cc1ccc(CNC(=O)C2(C(F)(F)F)CC2)cc1Nc1nc2cc(C(=O)N[C@H]3CC[C@H](C(F)(F)F)CC3)c(OCCO)nc2[nH]1. The van der Waals surface area contributed by atoms with Gasteiger partial charge in [0.2, 0.25) is 17.7 Å². The van der Waals surface area contributed by atoms with Gasteiger partial charge in [-0.2, -0.15) is 31.3 Å². The number of aliphatic hydroxyl groups excluding tert-OH is 1. The number of nitrogens with zero attached hydrogens (tertiary/aromatic N) is 2. The van der Waals surface area contributed by atoms with E-state index < -0.39 is 41.5 Å². The van der Waals surface area contributed by atoms with Crippen LogP contribution in [0.4, 0.5) is 38.0 Å². The van der Waals surface area contributed by atoms with Gasteiger partial charge in [0, 0.05) is 18.3 Å². The van der Waals surface area contributed by atoms with E-state index in [1.165, 1.54) is 6.07 Å². The van der Waals surface area contributed by atoms with Crippen molar-refractivity contribution in [3.05, 3.63) is 41.0 Å². The zero-order chi connectivity index (χ0) is 32.6. The predicted octanol–water partition coefficient (Wildman–Crippen LogP) is 5.19. The molecule has 0 bridgehead atoms. The minimum absolute atomic E-state index is 0.00634. The van der Waals surface area contributed by atoms with E-state index in [1.54, 1.807) is 25.1 Å². The molecule has 2 fully saturated rings. The number of aromatic amines is 1. The number of carbonyl (C=O) groups is 2. The number of aryl methyl sites for hydroxylation is 1. The summed E-state index contributed by atoms with van der Waals surface area (Å²) in [7, 11) is 0. The molecule has 0 aliphatic heterocycles. The highest BCUT2D eigenvalue weighted by Crippen LogP contribution is 2.57. The van der Waals surface area contributed by atoms with Crippen LogP contribution >= 0.6 is 0 Å². The molecule has 5 rings (SSSR count). The van der Waals surface area contributed by atoms with E-state index >= 15 is 0 Å². The van der Waals surface area contributed by atoms with Crippen molar-refractivity contribution in [3.8, 4) is 5.88 Å². The lowest BCUT2D eigenvalue weighted by molar-refractivity contribution is -0.192. The standard InChI is InChI=1S/C29H32F6N6O4/c1-15-2-3-16(14-36-25(44)27(8-9-27)29(33,34)35)12-20(15)38-26-39-21-13-19(24(45-11-10-42)40-22(21)41-26)23(43)37-18-6-4-17(5-7-18)28(30,31)32/h2-3,12-13,17-18,42H,4-11,14H2,1H3,(H,36,44)(H,37,43)(H2,38,39,40,41)/t17-,18-. The number of hydrogen-bond donors (Lipinski definition) is 5. The monoisotopic (exact) mass is 642 g/mol. The summed E-state index contributed by atoms with van der Waals surface area (Å²) in [5, 5.41) is 17.4. The number of benzene rings is 1. The van der Waals surface area contributed by atoms with Crippen LogP contribution in [-0.4, -0.2) is 63.5 Å². The largest absolute Gasteiger partial charge is 0.475 e. The molecule has 0 unspecified atom stereocenters. The van der Waals surface area contributed by atoms with Gasteiger partial charge < -0.3 is 30.8 Å². The Kier molecular flexibility index (Phi) is 8.88. The first kappa shape index (κ1) is 32.3. The number of carbonyl (C=O) groups excluding carboxylic acids is 2. The van der Waals surface area contributed by atoms with Crippen LogP contribution in [0.5, 0.6) is 5.88 Å². The van der Waals surface area contributed by atoms with Gasteiger partial charge in [0.25, 0.3) is 5.91 Å². The molecule has 0 atom stereocenters. The van der Waals surface area contributed by atoms with Crippen molar-refractivity contribution >= 4 is 34.6 Å². The summed E-state index contributed by atoms with van der Waals surface area (Å²) in [5.41, 5.74) is 0.0297. The zero-order valence-corrected chi connectivity index (χ0v) is 24.2. The Morgan fingerprint density at radius 1 is 1.07 bits per heavy atom. The fourth-order valence-corrected chi connectivity index (χ4v) is 5.38. The lowest BCUT2D eigenvalue weighted by Crippen LogP contribution is -2.40. The minimum atomic E-state index is -4.61. The Labute approximate surface area is 253 Å². The van der Waals surface area contributed by atoms with E-state index in [1.807, 2.05) is 0 Å². The molecule has 2 heterocycles. The first-order valence-electron chi connectivity index (χ1n) is 14.4. The maximum absolute atomic E-state index is 13.3. The van der Waals surface area contributed by atoms with Crippen LogP contribution in [0.2, 0.25) is 0 Å². The third-order valence-electron chi connectivity index (χ3n) is 8.27. The van der Waals surface area contributed by atoms with E-state index in [4.69, 9.17) is 4.74 Å². The Hall–Kier alpha value is -4.08. The van der Waals surface area contributed by atoms with Crippen molar-refractivity contribution in [1.29, 1.82) is 0 Å². The van der Waals surface area contributed by atoms with Gasteiger partial charge in [-0.25, -0.2) is 4.98 Å². The quantitative estimate of drug-likeness (QED) is 0.192. The summed E-state index contributed by atoms with van der Waals surface area (Å²) < 4.78 is 84.4. The van der Waals surface area contributed by atoms with E-state index in [0.717, 1.165) is 5.56 Å². The topological polar surface area (TPSA) is 141 Å². The third-order valence-corrected chi connectivity index (χ3v) is 8.27. The van der Waals surface area contributed by atoms with E-state index in [0.29, 0.717) is 11.3 Å². The molecular weight excluding hydrogens is 610 g/mol. The predicted molar refractivity (Wildman–Crippen MR) is 150 cm³/mol. The highest BCUT2D eigenvalue weighted by atomic mass is 19.4. The molecule has 3 aromatic rings. The lowest BCUT2D eigenvalue weighted by atomic mass is 9.85. The molecule has 10 nitrogen and oxygen atoms in total. The fraction of sp³-hybridized carbons (Fsp3) is 0.517. The number of ether oxygens (including phenoxy) is 1. The van der Waals surface area contributed by atoms with Gasteiger partial charge in [0.1, 0.15) is 23.1 Å². The van der Waals surface area contributed by atoms with Gasteiger partial charge in [0.05, 0.1) is 12.5 Å². The number of rotatable bonds is 10. The van der Waals surface area contributed by atoms with Gasteiger partial charge in [-0.15, -0.1) is 0 Å². The number of H-pyrrole nitrogens is 1. The lowest BCUT2D eigenvalue weighted by Gasteiger charge is -2.30. The second-order valence-corrected chi connectivity index (χ2v) is 11.5. The molecule has 45 heavy (non-hydrogen) atoms. The molecule has 244 valence electrons. The maximum atomic E-state index is 13.3. The van der Waals surface area contributed by atoms with Crippen molar-refractivity contribution in [1.82, 2.24) is 25.6 Å². The van der Waals surface area contributed by atoms with E-state index in [-0.39, 0.29) is 86.8 Å². The van der Waals surface area contributed by atoms with Crippen molar-refractivity contribution < 1.29 is 45.8 Å². The number of aliphatic hydroxyl groups is 1. The van der Waals surface area contributed by atoms with Gasteiger partial charge in [-0.3, -0.25) is 9.59 Å². The Balaban J connectivity index is 1.30. The van der Waals surface area contributed by atoms with Crippen LogP contribution < -0.4 is 20.7 Å². The van der Waals surface area contributed by atoms with Gasteiger partial charge >= 0.3 is 12.4 Å². The average molecular weight is 643 g/mol. The fourth-order valence-electron chi connectivity index (χ4n) is 5.38. The normalized spacial score (nSPS) is 19.6. The summed E-state index contributed by atoms with van der Waals surface area (Å²) in [5.74, 6) is -2.94. The number of imidazole rings is 1. The molecule has 1 aromatic carbocycles. The summed E-state index contributed by atoms with van der Waals surface area (Å²) in [6.07, 6.45) is -9.19. The molecule has 2 aromatic heterocycles. The Morgan fingerprint density at radius 2 is 1.78 bits per heavy atom. The number of nitrogens with one attached hydrogen (secondary N) is 4. The Bertz CT molecular complexity index is 1560. The van der Waals surface area contributed by atoms with Crippen LogP contribution in [0.3, 0.4) is 0 Å². The van der Waals surface area contributed by atoms with Crippen LogP contribution in [0, 0.1) is 18.3 Å². The molecule has 0 radical (unpaired) electrons. The number of fused-ring (bicyclic) bond motifs is 1. The highest BCUT2D eigenvalue weighted by Gasteiger charge is 2.68. The second kappa shape index (κ2) is 12.4. The number of anilines is 2. The summed E-state index contributed by atoms with van der Waals surface area (Å²) in [6, 6.07) is 6.02. The van der Waals surface area contributed by atoms with Crippen LogP contribution in [-0.2, 0) is 11.3 Å². The molecule has 16 heteroatoms. The molecule has 5 N–H and O–H groups in total. The van der Waals surface area contributed by atoms with Crippen LogP contribution in [0.15, 0.2) is 24.3 Å². The summed E-state index contributed by atoms with van der Waals surface area (Å²) in [4.78, 5) is 37.1. The minimum Gasteiger partial charge on any atom is -0.475 e. The molecule has 2 aliphatic carbocycles. The first-order chi connectivity index (χ1) is 21.2. The van der Waals surface area contributed by atoms with E-state index in [2.05, 4.69) is 30.9 Å². The van der Waals surface area contributed by atoms with Gasteiger partial charge in [-0.05, 0) is 68.7 Å². The number of pyridine rings is 1.